The van der Waals surface area contributed by atoms with Crippen molar-refractivity contribution in [3.8, 4) is 0 Å². The van der Waals surface area contributed by atoms with Crippen molar-refractivity contribution < 1.29 is 0 Å². The number of aliphatic imine (C=N–C) groups is 1. The van der Waals surface area contributed by atoms with E-state index >= 15 is 0 Å². The van der Waals surface area contributed by atoms with E-state index in [2.05, 4.69) is 41.5 Å². The molecular formula is C15H18N2. The molecule has 0 unspecified atom stereocenters. The summed E-state index contributed by atoms with van der Waals surface area (Å²) in [5.41, 5.74) is 5.92. The molecule has 2 aliphatic rings. The van der Waals surface area contributed by atoms with Crippen LogP contribution in [-0.2, 0) is 6.42 Å². The van der Waals surface area contributed by atoms with E-state index in [4.69, 9.17) is 0 Å². The van der Waals surface area contributed by atoms with Crippen LogP contribution in [0.1, 0.15) is 29.5 Å². The molecule has 0 fully saturated rings. The topological polar surface area (TPSA) is 24.4 Å². The third-order valence-electron chi connectivity index (χ3n) is 3.71. The molecule has 0 radical (unpaired) electrons. The standard InChI is InChI=1S/C15H18N2/c1-11-3-2-4-13-6-5-12(8-15(11)13)7-14-9-16-10-17-14/h2-4,8,10,14H,5-7,9H2,1H3,(H,16,17)/t14-/m0/s1. The smallest absolute Gasteiger partial charge is 0.0827 e. The Hall–Kier alpha value is -1.57. The Labute approximate surface area is 102 Å². The molecule has 1 aliphatic heterocycles. The van der Waals surface area contributed by atoms with Crippen LogP contribution in [0.2, 0.25) is 0 Å². The van der Waals surface area contributed by atoms with Crippen LogP contribution in [0.25, 0.3) is 6.08 Å². The average Bonchev–Trinajstić information content (AvgIpc) is 2.83. The molecule has 17 heavy (non-hydrogen) atoms. The van der Waals surface area contributed by atoms with Crippen LogP contribution in [0.15, 0.2) is 28.8 Å². The zero-order valence-corrected chi connectivity index (χ0v) is 10.2. The molecule has 2 nitrogen and oxygen atoms in total. The van der Waals surface area contributed by atoms with Gasteiger partial charge in [-0.05, 0) is 42.9 Å². The summed E-state index contributed by atoms with van der Waals surface area (Å²) >= 11 is 0. The Morgan fingerprint density at radius 3 is 3.12 bits per heavy atom. The molecular weight excluding hydrogens is 208 g/mol. The quantitative estimate of drug-likeness (QED) is 0.824. The first-order valence-corrected chi connectivity index (χ1v) is 6.35. The second-order valence-corrected chi connectivity index (χ2v) is 5.01. The molecule has 0 saturated carbocycles. The number of rotatable bonds is 2. The van der Waals surface area contributed by atoms with Crippen LogP contribution in [0.3, 0.4) is 0 Å². The normalized spacial score (nSPS) is 21.9. The van der Waals surface area contributed by atoms with Crippen molar-refractivity contribution >= 4 is 12.4 Å². The molecule has 1 N–H and O–H groups in total. The van der Waals surface area contributed by atoms with Gasteiger partial charge in [-0.1, -0.05) is 29.8 Å². The first kappa shape index (κ1) is 10.6. The third-order valence-corrected chi connectivity index (χ3v) is 3.71. The SMILES string of the molecule is Cc1cccc2c1C=C(C[C@H]1CN=CN1)CC2. The molecule has 1 aromatic rings. The van der Waals surface area contributed by atoms with Crippen molar-refractivity contribution in [2.75, 3.05) is 6.54 Å². The number of nitrogens with zero attached hydrogens (tertiary/aromatic N) is 1. The maximum absolute atomic E-state index is 4.23. The lowest BCUT2D eigenvalue weighted by Gasteiger charge is -2.20. The fraction of sp³-hybridized carbons (Fsp3) is 0.400. The minimum atomic E-state index is 0.520. The highest BCUT2D eigenvalue weighted by atomic mass is 15.0. The number of hydrogen-bond donors (Lipinski definition) is 1. The van der Waals surface area contributed by atoms with Gasteiger partial charge < -0.3 is 5.32 Å². The summed E-state index contributed by atoms with van der Waals surface area (Å²) in [5, 5.41) is 3.31. The van der Waals surface area contributed by atoms with Crippen LogP contribution >= 0.6 is 0 Å². The van der Waals surface area contributed by atoms with Gasteiger partial charge in [0.25, 0.3) is 0 Å². The summed E-state index contributed by atoms with van der Waals surface area (Å²) in [5.74, 6) is 0. The van der Waals surface area contributed by atoms with E-state index in [1.54, 1.807) is 5.57 Å². The maximum atomic E-state index is 4.23. The highest BCUT2D eigenvalue weighted by molar-refractivity contribution is 5.63. The second kappa shape index (κ2) is 4.36. The van der Waals surface area contributed by atoms with Crippen LogP contribution in [0.4, 0.5) is 0 Å². The van der Waals surface area contributed by atoms with Crippen molar-refractivity contribution in [3.63, 3.8) is 0 Å². The lowest BCUT2D eigenvalue weighted by molar-refractivity contribution is 0.636. The Kier molecular flexibility index (Phi) is 2.71. The molecule has 2 heteroatoms. The van der Waals surface area contributed by atoms with Gasteiger partial charge in [0.15, 0.2) is 0 Å². The Balaban J connectivity index is 1.81. The van der Waals surface area contributed by atoms with Crippen LogP contribution in [0.5, 0.6) is 0 Å². The average molecular weight is 226 g/mol. The summed E-state index contributed by atoms with van der Waals surface area (Å²) in [6.45, 7) is 3.13. The molecule has 88 valence electrons. The van der Waals surface area contributed by atoms with Gasteiger partial charge in [0.2, 0.25) is 0 Å². The lowest BCUT2D eigenvalue weighted by atomic mass is 9.87. The zero-order valence-electron chi connectivity index (χ0n) is 10.2. The molecule has 1 aromatic carbocycles. The number of hydrogen-bond acceptors (Lipinski definition) is 2. The van der Waals surface area contributed by atoms with E-state index in [0.29, 0.717) is 6.04 Å². The molecule has 0 saturated heterocycles. The van der Waals surface area contributed by atoms with Crippen molar-refractivity contribution in [3.05, 3.63) is 40.5 Å². The predicted molar refractivity (Wildman–Crippen MR) is 72.4 cm³/mol. The van der Waals surface area contributed by atoms with Gasteiger partial charge in [-0.2, -0.15) is 0 Å². The molecule has 3 rings (SSSR count). The Bertz CT molecular complexity index is 478. The number of benzene rings is 1. The van der Waals surface area contributed by atoms with Crippen LogP contribution in [0, 0.1) is 6.92 Å². The van der Waals surface area contributed by atoms with E-state index in [1.807, 2.05) is 6.34 Å². The summed E-state index contributed by atoms with van der Waals surface area (Å²) in [4.78, 5) is 4.23. The van der Waals surface area contributed by atoms with Gasteiger partial charge in [0.1, 0.15) is 0 Å². The van der Waals surface area contributed by atoms with E-state index in [9.17, 15) is 0 Å². The minimum absolute atomic E-state index is 0.520. The summed E-state index contributed by atoms with van der Waals surface area (Å²) < 4.78 is 0. The second-order valence-electron chi connectivity index (χ2n) is 5.01. The Morgan fingerprint density at radius 1 is 1.35 bits per heavy atom. The van der Waals surface area contributed by atoms with Crippen molar-refractivity contribution in [1.82, 2.24) is 5.32 Å². The molecule has 0 aromatic heterocycles. The Morgan fingerprint density at radius 2 is 2.29 bits per heavy atom. The van der Waals surface area contributed by atoms with Crippen LogP contribution < -0.4 is 5.32 Å². The highest BCUT2D eigenvalue weighted by Crippen LogP contribution is 2.28. The van der Waals surface area contributed by atoms with E-state index < -0.39 is 0 Å². The fourth-order valence-electron chi connectivity index (χ4n) is 2.73. The minimum Gasteiger partial charge on any atom is -0.372 e. The summed E-state index contributed by atoms with van der Waals surface area (Å²) in [7, 11) is 0. The number of nitrogens with one attached hydrogen (secondary N) is 1. The lowest BCUT2D eigenvalue weighted by Crippen LogP contribution is -2.25. The fourth-order valence-corrected chi connectivity index (χ4v) is 2.73. The molecule has 0 amide bonds. The van der Waals surface area contributed by atoms with E-state index in [0.717, 1.165) is 13.0 Å². The highest BCUT2D eigenvalue weighted by Gasteiger charge is 2.16. The van der Waals surface area contributed by atoms with Crippen molar-refractivity contribution in [1.29, 1.82) is 0 Å². The molecule has 1 heterocycles. The van der Waals surface area contributed by atoms with E-state index in [1.165, 1.54) is 29.5 Å². The molecule has 0 bridgehead atoms. The largest absolute Gasteiger partial charge is 0.372 e. The molecule has 1 atom stereocenters. The van der Waals surface area contributed by atoms with Gasteiger partial charge in [0, 0.05) is 0 Å². The van der Waals surface area contributed by atoms with Crippen molar-refractivity contribution in [2.24, 2.45) is 4.99 Å². The predicted octanol–water partition coefficient (Wildman–Crippen LogP) is 2.71. The van der Waals surface area contributed by atoms with Gasteiger partial charge >= 0.3 is 0 Å². The first-order valence-electron chi connectivity index (χ1n) is 6.35. The third kappa shape index (κ3) is 2.12. The summed E-state index contributed by atoms with van der Waals surface area (Å²) in [6.07, 6.45) is 7.76. The van der Waals surface area contributed by atoms with E-state index in [-0.39, 0.29) is 0 Å². The molecule has 0 spiro atoms. The monoisotopic (exact) mass is 226 g/mol. The van der Waals surface area contributed by atoms with Gasteiger partial charge in [-0.15, -0.1) is 0 Å². The van der Waals surface area contributed by atoms with Gasteiger partial charge in [-0.25, -0.2) is 0 Å². The van der Waals surface area contributed by atoms with Crippen molar-refractivity contribution in [2.45, 2.75) is 32.2 Å². The number of fused-ring (bicyclic) bond motifs is 1. The van der Waals surface area contributed by atoms with Gasteiger partial charge in [0.05, 0.1) is 18.9 Å². The van der Waals surface area contributed by atoms with Gasteiger partial charge in [-0.3, -0.25) is 4.99 Å². The maximum Gasteiger partial charge on any atom is 0.0827 e. The summed E-state index contributed by atoms with van der Waals surface area (Å²) in [6, 6.07) is 7.15. The first-order chi connectivity index (χ1) is 8.33. The zero-order chi connectivity index (χ0) is 11.7. The van der Waals surface area contributed by atoms with Crippen LogP contribution in [-0.4, -0.2) is 18.9 Å². The number of aryl methyl sites for hydroxylation is 2. The molecule has 1 aliphatic carbocycles.